The minimum Gasteiger partial charge on any atom is -0.332 e. The van der Waals surface area contributed by atoms with Gasteiger partial charge in [-0.05, 0) is 59.2 Å². The SMILES string of the molecule is Cc1ccc(NC(=S)NC(=O)/C=C/c2cccc3ccccc23)cc1Cl. The quantitative estimate of drug-likeness (QED) is 0.476. The van der Waals surface area contributed by atoms with Gasteiger partial charge < -0.3 is 5.32 Å². The molecule has 3 nitrogen and oxygen atoms in total. The molecule has 0 aliphatic carbocycles. The molecule has 2 N–H and O–H groups in total. The van der Waals surface area contributed by atoms with Crippen molar-refractivity contribution in [3.63, 3.8) is 0 Å². The average Bonchev–Trinajstić information content (AvgIpc) is 2.63. The Morgan fingerprint density at radius 3 is 2.65 bits per heavy atom. The van der Waals surface area contributed by atoms with E-state index in [0.717, 1.165) is 27.6 Å². The molecule has 0 aliphatic rings. The number of amides is 1. The summed E-state index contributed by atoms with van der Waals surface area (Å²) < 4.78 is 0. The Morgan fingerprint density at radius 2 is 1.85 bits per heavy atom. The lowest BCUT2D eigenvalue weighted by atomic mass is 10.0. The van der Waals surface area contributed by atoms with Crippen molar-refractivity contribution in [3.8, 4) is 0 Å². The van der Waals surface area contributed by atoms with Gasteiger partial charge in [-0.1, -0.05) is 60.1 Å². The molecule has 0 saturated carbocycles. The van der Waals surface area contributed by atoms with Crippen LogP contribution >= 0.6 is 23.8 Å². The standard InChI is InChI=1S/C21H17ClN2OS/c1-14-9-11-17(13-19(14)22)23-21(26)24-20(25)12-10-16-7-4-6-15-5-2-3-8-18(15)16/h2-13H,1H3,(H2,23,24,25,26)/b12-10+. The Hall–Kier alpha value is -2.69. The number of thiocarbonyl (C=S) groups is 1. The summed E-state index contributed by atoms with van der Waals surface area (Å²) in [5.74, 6) is -0.298. The summed E-state index contributed by atoms with van der Waals surface area (Å²) in [7, 11) is 0. The lowest BCUT2D eigenvalue weighted by Crippen LogP contribution is -2.32. The lowest BCUT2D eigenvalue weighted by molar-refractivity contribution is -0.115. The van der Waals surface area contributed by atoms with Crippen LogP contribution in [0, 0.1) is 6.92 Å². The third-order valence-corrected chi connectivity index (χ3v) is 4.52. The molecule has 0 radical (unpaired) electrons. The van der Waals surface area contributed by atoms with Crippen LogP contribution in [0.5, 0.6) is 0 Å². The van der Waals surface area contributed by atoms with Gasteiger partial charge in [-0.3, -0.25) is 10.1 Å². The van der Waals surface area contributed by atoms with Gasteiger partial charge >= 0.3 is 0 Å². The predicted octanol–water partition coefficient (Wildman–Crippen LogP) is 5.33. The summed E-state index contributed by atoms with van der Waals surface area (Å²) >= 11 is 11.3. The van der Waals surface area contributed by atoms with E-state index in [1.54, 1.807) is 12.1 Å². The van der Waals surface area contributed by atoms with E-state index in [2.05, 4.69) is 10.6 Å². The van der Waals surface area contributed by atoms with Gasteiger partial charge in [-0.2, -0.15) is 0 Å². The Balaban J connectivity index is 1.65. The van der Waals surface area contributed by atoms with E-state index in [1.807, 2.05) is 61.5 Å². The summed E-state index contributed by atoms with van der Waals surface area (Å²) in [5, 5.41) is 8.66. The molecular formula is C21H17ClN2OS. The van der Waals surface area contributed by atoms with Crippen LogP contribution in [0.2, 0.25) is 5.02 Å². The van der Waals surface area contributed by atoms with Gasteiger partial charge in [0.25, 0.3) is 0 Å². The molecule has 5 heteroatoms. The van der Waals surface area contributed by atoms with Crippen molar-refractivity contribution >= 4 is 57.4 Å². The second-order valence-corrected chi connectivity index (χ2v) is 6.62. The Kier molecular flexibility index (Phi) is 5.66. The molecular weight excluding hydrogens is 364 g/mol. The minimum atomic E-state index is -0.298. The van der Waals surface area contributed by atoms with E-state index in [1.165, 1.54) is 6.08 Å². The third kappa shape index (κ3) is 4.48. The smallest absolute Gasteiger partial charge is 0.250 e. The largest absolute Gasteiger partial charge is 0.332 e. The van der Waals surface area contributed by atoms with Crippen molar-refractivity contribution in [2.45, 2.75) is 6.92 Å². The van der Waals surface area contributed by atoms with E-state index in [-0.39, 0.29) is 11.0 Å². The molecule has 0 atom stereocenters. The van der Waals surface area contributed by atoms with Crippen LogP contribution < -0.4 is 10.6 Å². The summed E-state index contributed by atoms with van der Waals surface area (Å²) in [6.07, 6.45) is 3.25. The average molecular weight is 381 g/mol. The predicted molar refractivity (Wildman–Crippen MR) is 114 cm³/mol. The number of carbonyl (C=O) groups excluding carboxylic acids is 1. The number of carbonyl (C=O) groups is 1. The second-order valence-electron chi connectivity index (χ2n) is 5.81. The van der Waals surface area contributed by atoms with Crippen molar-refractivity contribution in [2.24, 2.45) is 0 Å². The highest BCUT2D eigenvalue weighted by Crippen LogP contribution is 2.20. The first-order chi connectivity index (χ1) is 12.5. The summed E-state index contributed by atoms with van der Waals surface area (Å²) in [6, 6.07) is 19.5. The number of fused-ring (bicyclic) bond motifs is 1. The molecule has 130 valence electrons. The van der Waals surface area contributed by atoms with Gasteiger partial charge in [0.15, 0.2) is 5.11 Å². The molecule has 3 aromatic carbocycles. The van der Waals surface area contributed by atoms with Gasteiger partial charge in [0.1, 0.15) is 0 Å². The number of aryl methyl sites for hydroxylation is 1. The number of halogens is 1. The molecule has 3 aromatic rings. The maximum Gasteiger partial charge on any atom is 0.250 e. The molecule has 0 fully saturated rings. The molecule has 3 rings (SSSR count). The minimum absolute atomic E-state index is 0.220. The first-order valence-electron chi connectivity index (χ1n) is 8.07. The number of hydrogen-bond donors (Lipinski definition) is 2. The first kappa shape index (κ1) is 18.1. The fourth-order valence-electron chi connectivity index (χ4n) is 2.55. The molecule has 0 spiro atoms. The second kappa shape index (κ2) is 8.13. The topological polar surface area (TPSA) is 41.1 Å². The van der Waals surface area contributed by atoms with Gasteiger partial charge in [0, 0.05) is 16.8 Å². The Bertz CT molecular complexity index is 1010. The maximum absolute atomic E-state index is 12.1. The van der Waals surface area contributed by atoms with E-state index in [4.69, 9.17) is 23.8 Å². The van der Waals surface area contributed by atoms with Gasteiger partial charge in [-0.15, -0.1) is 0 Å². The molecule has 0 saturated heterocycles. The van der Waals surface area contributed by atoms with E-state index in [0.29, 0.717) is 5.02 Å². The summed E-state index contributed by atoms with van der Waals surface area (Å²) in [4.78, 5) is 12.1. The zero-order valence-electron chi connectivity index (χ0n) is 14.1. The summed E-state index contributed by atoms with van der Waals surface area (Å²) in [6.45, 7) is 1.92. The van der Waals surface area contributed by atoms with Crippen molar-refractivity contribution < 1.29 is 4.79 Å². The van der Waals surface area contributed by atoms with Crippen molar-refractivity contribution in [1.29, 1.82) is 0 Å². The van der Waals surface area contributed by atoms with Crippen molar-refractivity contribution in [2.75, 3.05) is 5.32 Å². The van der Waals surface area contributed by atoms with Crippen LogP contribution in [0.1, 0.15) is 11.1 Å². The van der Waals surface area contributed by atoms with Crippen LogP contribution in [0.3, 0.4) is 0 Å². The van der Waals surface area contributed by atoms with Gasteiger partial charge in [-0.25, -0.2) is 0 Å². The van der Waals surface area contributed by atoms with Crippen molar-refractivity contribution in [1.82, 2.24) is 5.32 Å². The Labute approximate surface area is 162 Å². The zero-order chi connectivity index (χ0) is 18.5. The van der Waals surface area contributed by atoms with Gasteiger partial charge in [0.05, 0.1) is 0 Å². The normalized spacial score (nSPS) is 10.8. The monoisotopic (exact) mass is 380 g/mol. The zero-order valence-corrected chi connectivity index (χ0v) is 15.7. The van der Waals surface area contributed by atoms with E-state index in [9.17, 15) is 4.79 Å². The van der Waals surface area contributed by atoms with E-state index >= 15 is 0 Å². The lowest BCUT2D eigenvalue weighted by Gasteiger charge is -2.09. The number of benzene rings is 3. The van der Waals surface area contributed by atoms with Crippen LogP contribution in [0.4, 0.5) is 5.69 Å². The summed E-state index contributed by atoms with van der Waals surface area (Å²) in [5.41, 5.74) is 2.68. The highest BCUT2D eigenvalue weighted by Gasteiger charge is 2.04. The van der Waals surface area contributed by atoms with Crippen LogP contribution in [0.15, 0.2) is 66.7 Å². The third-order valence-electron chi connectivity index (χ3n) is 3.90. The molecule has 0 heterocycles. The molecule has 0 unspecified atom stereocenters. The molecule has 0 aliphatic heterocycles. The molecule has 1 amide bonds. The molecule has 26 heavy (non-hydrogen) atoms. The first-order valence-corrected chi connectivity index (χ1v) is 8.85. The van der Waals surface area contributed by atoms with Crippen LogP contribution in [0.25, 0.3) is 16.8 Å². The highest BCUT2D eigenvalue weighted by molar-refractivity contribution is 7.80. The van der Waals surface area contributed by atoms with Crippen molar-refractivity contribution in [3.05, 3.63) is 82.9 Å². The van der Waals surface area contributed by atoms with E-state index < -0.39 is 0 Å². The van der Waals surface area contributed by atoms with Crippen LogP contribution in [-0.2, 0) is 4.79 Å². The van der Waals surface area contributed by atoms with Gasteiger partial charge in [0.2, 0.25) is 5.91 Å². The fourth-order valence-corrected chi connectivity index (χ4v) is 2.95. The number of nitrogens with one attached hydrogen (secondary N) is 2. The molecule has 0 bridgehead atoms. The molecule has 0 aromatic heterocycles. The maximum atomic E-state index is 12.1. The number of anilines is 1. The number of rotatable bonds is 3. The Morgan fingerprint density at radius 1 is 1.08 bits per heavy atom. The number of hydrogen-bond acceptors (Lipinski definition) is 2. The fraction of sp³-hybridized carbons (Fsp3) is 0.0476. The van der Waals surface area contributed by atoms with Crippen LogP contribution in [-0.4, -0.2) is 11.0 Å². The highest BCUT2D eigenvalue weighted by atomic mass is 35.5.